The fourth-order valence-electron chi connectivity index (χ4n) is 1.37. The van der Waals surface area contributed by atoms with Gasteiger partial charge < -0.3 is 10.4 Å². The van der Waals surface area contributed by atoms with Crippen LogP contribution in [0.15, 0.2) is 17.5 Å². The van der Waals surface area contributed by atoms with Gasteiger partial charge in [0.1, 0.15) is 11.5 Å². The third kappa shape index (κ3) is 3.22. The molecule has 0 spiro atoms. The summed E-state index contributed by atoms with van der Waals surface area (Å²) in [6.45, 7) is 0. The number of aliphatic carboxylic acids is 1. The molecule has 8 heteroatoms. The number of benzene rings is 1. The van der Waals surface area contributed by atoms with Crippen LogP contribution >= 0.6 is 11.3 Å². The van der Waals surface area contributed by atoms with Crippen LogP contribution in [0.25, 0.3) is 0 Å². The molecule has 1 aromatic carbocycles. The van der Waals surface area contributed by atoms with Crippen LogP contribution < -0.4 is 5.32 Å². The Bertz CT molecular complexity index is 607. The Kier molecular flexibility index (Phi) is 3.70. The fourth-order valence-corrected chi connectivity index (χ4v) is 2.08. The van der Waals surface area contributed by atoms with E-state index in [9.17, 15) is 18.0 Å². The molecule has 0 unspecified atom stereocenters. The maximum Gasteiger partial charge on any atom is 0.309 e. The molecule has 0 aliphatic heterocycles. The number of carboxylic acid groups (broad SMARTS) is 1. The lowest BCUT2D eigenvalue weighted by Gasteiger charge is -2.05. The first-order valence-corrected chi connectivity index (χ1v) is 5.91. The van der Waals surface area contributed by atoms with Gasteiger partial charge in [-0.05, 0) is 0 Å². The summed E-state index contributed by atoms with van der Waals surface area (Å²) in [6.07, 6.45) is -0.285. The smallest absolute Gasteiger partial charge is 0.309 e. The molecular weight excluding hydrogens is 281 g/mol. The standard InChI is InChI=1S/C11H7F3N2O2S/c12-5-1-7(13)10(8(14)2-5)16-11-15-6(4-19-11)3-9(17)18/h1-2,4H,3H2,(H,15,16)(H,17,18). The maximum atomic E-state index is 13.4. The number of aromatic nitrogens is 1. The number of hydrogen-bond acceptors (Lipinski definition) is 4. The minimum atomic E-state index is -1.09. The Balaban J connectivity index is 2.22. The van der Waals surface area contributed by atoms with Gasteiger partial charge in [0.2, 0.25) is 0 Å². The molecule has 0 radical (unpaired) electrons. The van der Waals surface area contributed by atoms with E-state index in [4.69, 9.17) is 5.11 Å². The molecule has 0 bridgehead atoms. The molecule has 2 aromatic rings. The quantitative estimate of drug-likeness (QED) is 0.908. The van der Waals surface area contributed by atoms with Crippen LogP contribution in [0.4, 0.5) is 24.0 Å². The van der Waals surface area contributed by atoms with Gasteiger partial charge in [-0.25, -0.2) is 18.2 Å². The van der Waals surface area contributed by atoms with E-state index >= 15 is 0 Å². The van der Waals surface area contributed by atoms with Gasteiger partial charge >= 0.3 is 5.97 Å². The normalized spacial score (nSPS) is 10.5. The maximum absolute atomic E-state index is 13.4. The van der Waals surface area contributed by atoms with E-state index in [0.29, 0.717) is 12.1 Å². The van der Waals surface area contributed by atoms with E-state index in [1.807, 2.05) is 0 Å². The Morgan fingerprint density at radius 1 is 1.32 bits per heavy atom. The van der Waals surface area contributed by atoms with Crippen LogP contribution in [-0.2, 0) is 11.2 Å². The highest BCUT2D eigenvalue weighted by atomic mass is 32.1. The van der Waals surface area contributed by atoms with Crippen molar-refractivity contribution in [3.05, 3.63) is 40.7 Å². The second kappa shape index (κ2) is 5.27. The highest BCUT2D eigenvalue weighted by Crippen LogP contribution is 2.26. The molecule has 0 aliphatic carbocycles. The van der Waals surface area contributed by atoms with E-state index in [2.05, 4.69) is 10.3 Å². The molecule has 2 N–H and O–H groups in total. The van der Waals surface area contributed by atoms with Crippen LogP contribution in [0.5, 0.6) is 0 Å². The Morgan fingerprint density at radius 2 is 1.95 bits per heavy atom. The summed E-state index contributed by atoms with van der Waals surface area (Å²) < 4.78 is 39.4. The number of nitrogens with zero attached hydrogens (tertiary/aromatic N) is 1. The molecule has 0 amide bonds. The molecule has 19 heavy (non-hydrogen) atoms. The molecule has 1 aromatic heterocycles. The zero-order chi connectivity index (χ0) is 14.0. The summed E-state index contributed by atoms with van der Waals surface area (Å²) in [6, 6.07) is 1.08. The number of rotatable bonds is 4. The zero-order valence-corrected chi connectivity index (χ0v) is 10.1. The molecule has 0 atom stereocenters. The van der Waals surface area contributed by atoms with Crippen molar-refractivity contribution < 1.29 is 23.1 Å². The van der Waals surface area contributed by atoms with Crippen molar-refractivity contribution in [2.24, 2.45) is 0 Å². The van der Waals surface area contributed by atoms with Gasteiger partial charge in [0.15, 0.2) is 16.8 Å². The Hall–Kier alpha value is -2.09. The predicted octanol–water partition coefficient (Wildman–Crippen LogP) is 2.93. The minimum Gasteiger partial charge on any atom is -0.481 e. The molecule has 0 aliphatic rings. The van der Waals surface area contributed by atoms with Gasteiger partial charge in [0.25, 0.3) is 0 Å². The van der Waals surface area contributed by atoms with Crippen molar-refractivity contribution in [3.8, 4) is 0 Å². The van der Waals surface area contributed by atoms with Gasteiger partial charge in [0, 0.05) is 17.5 Å². The van der Waals surface area contributed by atoms with Crippen molar-refractivity contribution in [1.82, 2.24) is 4.98 Å². The molecule has 0 saturated carbocycles. The van der Waals surface area contributed by atoms with E-state index < -0.39 is 29.1 Å². The summed E-state index contributed by atoms with van der Waals surface area (Å²) in [5.41, 5.74) is -0.263. The van der Waals surface area contributed by atoms with Crippen molar-refractivity contribution in [3.63, 3.8) is 0 Å². The third-order valence-corrected chi connectivity index (χ3v) is 2.93. The summed E-state index contributed by atoms with van der Waals surface area (Å²) in [5, 5.41) is 12.5. The first kappa shape index (κ1) is 13.3. The van der Waals surface area contributed by atoms with Crippen LogP contribution in [-0.4, -0.2) is 16.1 Å². The first-order valence-electron chi connectivity index (χ1n) is 5.03. The van der Waals surface area contributed by atoms with Crippen LogP contribution in [0.2, 0.25) is 0 Å². The van der Waals surface area contributed by atoms with E-state index in [-0.39, 0.29) is 17.2 Å². The number of anilines is 2. The third-order valence-electron chi connectivity index (χ3n) is 2.12. The minimum absolute atomic E-state index is 0.126. The lowest BCUT2D eigenvalue weighted by molar-refractivity contribution is -0.136. The van der Waals surface area contributed by atoms with Crippen LogP contribution in [0, 0.1) is 17.5 Å². The number of carbonyl (C=O) groups is 1. The van der Waals surface area contributed by atoms with Crippen molar-refractivity contribution in [1.29, 1.82) is 0 Å². The molecule has 2 rings (SSSR count). The Labute approximate surface area is 109 Å². The lowest BCUT2D eigenvalue weighted by atomic mass is 10.3. The molecular formula is C11H7F3N2O2S. The van der Waals surface area contributed by atoms with E-state index in [0.717, 1.165) is 11.3 Å². The number of hydrogen-bond donors (Lipinski definition) is 2. The highest BCUT2D eigenvalue weighted by Gasteiger charge is 2.13. The SMILES string of the molecule is O=C(O)Cc1csc(Nc2c(F)cc(F)cc2F)n1. The Morgan fingerprint density at radius 3 is 2.53 bits per heavy atom. The van der Waals surface area contributed by atoms with Gasteiger partial charge in [0.05, 0.1) is 12.1 Å². The number of nitrogens with one attached hydrogen (secondary N) is 1. The zero-order valence-electron chi connectivity index (χ0n) is 9.28. The predicted molar refractivity (Wildman–Crippen MR) is 63.1 cm³/mol. The number of thiazole rings is 1. The summed E-state index contributed by atoms with van der Waals surface area (Å²) in [4.78, 5) is 14.3. The van der Waals surface area contributed by atoms with Crippen molar-refractivity contribution in [2.45, 2.75) is 6.42 Å². The lowest BCUT2D eigenvalue weighted by Crippen LogP contribution is -2.01. The van der Waals surface area contributed by atoms with Gasteiger partial charge in [-0.15, -0.1) is 11.3 Å². The molecule has 0 saturated heterocycles. The monoisotopic (exact) mass is 288 g/mol. The molecule has 0 fully saturated rings. The van der Waals surface area contributed by atoms with Gasteiger partial charge in [-0.3, -0.25) is 4.79 Å². The average molecular weight is 288 g/mol. The van der Waals surface area contributed by atoms with Gasteiger partial charge in [-0.2, -0.15) is 0 Å². The fraction of sp³-hybridized carbons (Fsp3) is 0.0909. The second-order valence-corrected chi connectivity index (χ2v) is 4.44. The molecule has 100 valence electrons. The topological polar surface area (TPSA) is 62.2 Å². The largest absolute Gasteiger partial charge is 0.481 e. The highest BCUT2D eigenvalue weighted by molar-refractivity contribution is 7.13. The summed E-state index contributed by atoms with van der Waals surface area (Å²) in [5.74, 6) is -4.26. The van der Waals surface area contributed by atoms with Crippen LogP contribution in [0.1, 0.15) is 5.69 Å². The summed E-state index contributed by atoms with van der Waals surface area (Å²) >= 11 is 0.995. The van der Waals surface area contributed by atoms with Crippen LogP contribution in [0.3, 0.4) is 0 Å². The summed E-state index contributed by atoms with van der Waals surface area (Å²) in [7, 11) is 0. The molecule has 4 nitrogen and oxygen atoms in total. The van der Waals surface area contributed by atoms with Crippen molar-refractivity contribution >= 4 is 28.1 Å². The van der Waals surface area contributed by atoms with Gasteiger partial charge in [-0.1, -0.05) is 0 Å². The first-order chi connectivity index (χ1) is 8.95. The van der Waals surface area contributed by atoms with E-state index in [1.165, 1.54) is 5.38 Å². The average Bonchev–Trinajstić information content (AvgIpc) is 2.70. The number of carboxylic acids is 1. The number of halogens is 3. The molecule has 1 heterocycles. The van der Waals surface area contributed by atoms with E-state index in [1.54, 1.807) is 0 Å². The second-order valence-electron chi connectivity index (χ2n) is 3.58. The van der Waals surface area contributed by atoms with Crippen molar-refractivity contribution in [2.75, 3.05) is 5.32 Å².